The van der Waals surface area contributed by atoms with Crippen molar-refractivity contribution in [2.24, 2.45) is 5.92 Å². The van der Waals surface area contributed by atoms with Gasteiger partial charge in [-0.2, -0.15) is 4.57 Å². The van der Waals surface area contributed by atoms with Crippen molar-refractivity contribution in [1.82, 2.24) is 20.2 Å². The Kier molecular flexibility index (Phi) is 4.51. The van der Waals surface area contributed by atoms with Gasteiger partial charge in [0.05, 0.1) is 18.3 Å². The number of fused-ring (bicyclic) bond motifs is 1. The highest BCUT2D eigenvalue weighted by Crippen LogP contribution is 2.23. The van der Waals surface area contributed by atoms with Crippen molar-refractivity contribution >= 4 is 17.1 Å². The molecule has 0 unspecified atom stereocenters. The lowest BCUT2D eigenvalue weighted by Gasteiger charge is -2.14. The fourth-order valence-corrected chi connectivity index (χ4v) is 3.55. The van der Waals surface area contributed by atoms with Gasteiger partial charge in [-0.3, -0.25) is 4.79 Å². The second-order valence-corrected chi connectivity index (χ2v) is 7.80. The molecule has 1 saturated carbocycles. The Morgan fingerprint density at radius 1 is 1.44 bits per heavy atom. The maximum atomic E-state index is 13.0. The van der Waals surface area contributed by atoms with Crippen molar-refractivity contribution in [3.05, 3.63) is 33.8 Å². The monoisotopic (exact) mass is 372 g/mol. The third kappa shape index (κ3) is 3.25. The molecule has 1 amide bonds. The van der Waals surface area contributed by atoms with Crippen LogP contribution >= 0.6 is 0 Å². The Bertz CT molecular complexity index is 981. The summed E-state index contributed by atoms with van der Waals surface area (Å²) in [4.78, 5) is 25.6. The van der Waals surface area contributed by atoms with Crippen LogP contribution in [0.1, 0.15) is 49.0 Å². The number of aromatic amines is 1. The average molecular weight is 372 g/mol. The van der Waals surface area contributed by atoms with Gasteiger partial charge in [0, 0.05) is 12.6 Å². The molecule has 0 radical (unpaired) electrons. The summed E-state index contributed by atoms with van der Waals surface area (Å²) in [5.41, 5.74) is 1.79. The predicted octanol–water partition coefficient (Wildman–Crippen LogP) is 0.546. The first kappa shape index (κ1) is 17.8. The molecule has 144 valence electrons. The van der Waals surface area contributed by atoms with Gasteiger partial charge in [-0.25, -0.2) is 9.89 Å². The quantitative estimate of drug-likeness (QED) is 0.576. The minimum absolute atomic E-state index is 0.105. The molecule has 1 aliphatic heterocycles. The molecule has 4 N–H and O–H groups in total. The highest BCUT2D eigenvalue weighted by molar-refractivity contribution is 5.96. The minimum Gasteiger partial charge on any atom is -0.477 e. The molecule has 4 rings (SSSR count). The first-order chi connectivity index (χ1) is 13.0. The number of carbonyl (C=O) groups is 1. The first-order valence-corrected chi connectivity index (χ1v) is 9.57. The van der Waals surface area contributed by atoms with Crippen LogP contribution in [0.5, 0.6) is 5.88 Å². The molecule has 2 aromatic heterocycles. The van der Waals surface area contributed by atoms with Crippen molar-refractivity contribution in [1.29, 1.82) is 0 Å². The van der Waals surface area contributed by atoms with E-state index in [2.05, 4.69) is 21.8 Å². The van der Waals surface area contributed by atoms with E-state index in [0.717, 1.165) is 36.9 Å². The first-order valence-electron chi connectivity index (χ1n) is 9.57. The fourth-order valence-electron chi connectivity index (χ4n) is 3.55. The number of aromatic nitrogens is 3. The van der Waals surface area contributed by atoms with Gasteiger partial charge in [-0.05, 0) is 37.3 Å². The van der Waals surface area contributed by atoms with Gasteiger partial charge in [0.2, 0.25) is 5.56 Å². The van der Waals surface area contributed by atoms with Gasteiger partial charge >= 0.3 is 17.1 Å². The topological polar surface area (TPSA) is 103 Å². The Balaban J connectivity index is 1.93. The average Bonchev–Trinajstić information content (AvgIpc) is 3.33. The van der Waals surface area contributed by atoms with Gasteiger partial charge in [-0.1, -0.05) is 24.4 Å². The van der Waals surface area contributed by atoms with E-state index >= 15 is 0 Å². The number of rotatable bonds is 5. The zero-order chi connectivity index (χ0) is 19.1. The molecule has 8 heteroatoms. The van der Waals surface area contributed by atoms with Crippen molar-refractivity contribution in [2.45, 2.75) is 45.7 Å². The number of hydrogen-bond acceptors (Lipinski definition) is 4. The summed E-state index contributed by atoms with van der Waals surface area (Å²) in [7, 11) is 0. The molecule has 27 heavy (non-hydrogen) atoms. The number of aromatic hydroxyl groups is 1. The van der Waals surface area contributed by atoms with E-state index in [4.69, 9.17) is 0 Å². The third-order valence-corrected chi connectivity index (χ3v) is 5.00. The van der Waals surface area contributed by atoms with Gasteiger partial charge in [0.15, 0.2) is 0 Å². The molecule has 0 bridgehead atoms. The van der Waals surface area contributed by atoms with Crippen molar-refractivity contribution in [3.8, 4) is 5.88 Å². The number of carbonyl (C=O) groups excluding carboxylic acids is 1. The summed E-state index contributed by atoms with van der Waals surface area (Å²) in [5.74, 6) is -0.554. The van der Waals surface area contributed by atoms with Gasteiger partial charge < -0.3 is 15.7 Å². The molecular formula is C19H26N5O3+. The highest BCUT2D eigenvalue weighted by atomic mass is 16.3. The normalized spacial score (nSPS) is 17.4. The van der Waals surface area contributed by atoms with Crippen LogP contribution in [0.3, 0.4) is 0 Å². The Labute approximate surface area is 156 Å². The number of H-pyrrole nitrogens is 1. The van der Waals surface area contributed by atoms with Crippen LogP contribution in [0.2, 0.25) is 0 Å². The SMILES string of the molecule is CC(C)C[n+]1c(O)c(C(=O)NC2CC2)c(=O)n2[nH]cc(C3=CCCNC3)c21. The fraction of sp³-hybridized carbons (Fsp3) is 0.526. The van der Waals surface area contributed by atoms with E-state index in [9.17, 15) is 14.7 Å². The van der Waals surface area contributed by atoms with E-state index in [1.807, 2.05) is 13.8 Å². The predicted molar refractivity (Wildman–Crippen MR) is 101 cm³/mol. The molecule has 0 aromatic carbocycles. The maximum Gasteiger partial charge on any atom is 0.378 e. The summed E-state index contributed by atoms with van der Waals surface area (Å²) in [6.45, 7) is 6.19. The lowest BCUT2D eigenvalue weighted by Crippen LogP contribution is -2.46. The molecule has 2 aliphatic rings. The maximum absolute atomic E-state index is 13.0. The van der Waals surface area contributed by atoms with Crippen LogP contribution in [-0.2, 0) is 6.54 Å². The molecule has 8 nitrogen and oxygen atoms in total. The second-order valence-electron chi connectivity index (χ2n) is 7.80. The molecule has 1 fully saturated rings. The Morgan fingerprint density at radius 3 is 2.85 bits per heavy atom. The lowest BCUT2D eigenvalue weighted by atomic mass is 10.0. The van der Waals surface area contributed by atoms with Crippen molar-refractivity contribution < 1.29 is 14.5 Å². The van der Waals surface area contributed by atoms with Gasteiger partial charge in [0.25, 0.3) is 5.91 Å². The summed E-state index contributed by atoms with van der Waals surface area (Å²) in [6.07, 6.45) is 6.66. The Morgan fingerprint density at radius 2 is 2.22 bits per heavy atom. The molecule has 2 aromatic rings. The molecule has 0 saturated heterocycles. The molecule has 1 aliphatic carbocycles. The van der Waals surface area contributed by atoms with Crippen LogP contribution in [0.25, 0.3) is 11.2 Å². The summed E-state index contributed by atoms with van der Waals surface area (Å²) in [5, 5.41) is 20.0. The van der Waals surface area contributed by atoms with E-state index < -0.39 is 11.5 Å². The standard InChI is InChI=1S/C19H25N5O3/c1-11(2)10-23-17-14(12-4-3-7-20-8-12)9-21-24(17)19(27)15(18(23)26)16(25)22-13-5-6-13/h4,9,11,13,20H,3,5-8,10H2,1-2H3,(H2,22,25,26,27)/p+1. The van der Waals surface area contributed by atoms with E-state index in [1.165, 1.54) is 4.52 Å². The second kappa shape index (κ2) is 6.84. The van der Waals surface area contributed by atoms with Crippen LogP contribution < -0.4 is 20.8 Å². The number of amides is 1. The smallest absolute Gasteiger partial charge is 0.378 e. The number of nitrogens with one attached hydrogen (secondary N) is 3. The van der Waals surface area contributed by atoms with Crippen LogP contribution in [0.4, 0.5) is 0 Å². The highest BCUT2D eigenvalue weighted by Gasteiger charge is 2.35. The molecule has 0 atom stereocenters. The molecule has 0 spiro atoms. The number of nitrogens with zero attached hydrogens (tertiary/aromatic N) is 2. The van der Waals surface area contributed by atoms with Gasteiger partial charge in [0.1, 0.15) is 0 Å². The largest absolute Gasteiger partial charge is 0.477 e. The van der Waals surface area contributed by atoms with Crippen LogP contribution in [0.15, 0.2) is 17.1 Å². The Hall–Kier alpha value is -2.61. The summed E-state index contributed by atoms with van der Waals surface area (Å²) >= 11 is 0. The number of hydrogen-bond donors (Lipinski definition) is 4. The zero-order valence-electron chi connectivity index (χ0n) is 15.7. The van der Waals surface area contributed by atoms with Crippen LogP contribution in [-0.4, -0.2) is 39.8 Å². The molecular weight excluding hydrogens is 346 g/mol. The molecule has 3 heterocycles. The lowest BCUT2D eigenvalue weighted by molar-refractivity contribution is -0.686. The summed E-state index contributed by atoms with van der Waals surface area (Å²) in [6, 6.07) is 0.105. The van der Waals surface area contributed by atoms with Crippen LogP contribution in [0, 0.1) is 5.92 Å². The van der Waals surface area contributed by atoms with E-state index in [1.54, 1.807) is 10.8 Å². The van der Waals surface area contributed by atoms with Crippen molar-refractivity contribution in [2.75, 3.05) is 13.1 Å². The van der Waals surface area contributed by atoms with E-state index in [-0.39, 0.29) is 23.4 Å². The van der Waals surface area contributed by atoms with Gasteiger partial charge in [-0.15, -0.1) is 0 Å². The third-order valence-electron chi connectivity index (χ3n) is 5.00. The minimum atomic E-state index is -0.531. The summed E-state index contributed by atoms with van der Waals surface area (Å²) < 4.78 is 3.05. The van der Waals surface area contributed by atoms with Crippen molar-refractivity contribution in [3.63, 3.8) is 0 Å². The van der Waals surface area contributed by atoms with E-state index in [0.29, 0.717) is 18.7 Å². The zero-order valence-corrected chi connectivity index (χ0v) is 15.7.